The zero-order valence-electron chi connectivity index (χ0n) is 10.1. The molecule has 7 heteroatoms. The second-order valence-electron chi connectivity index (χ2n) is 3.98. The Hall–Kier alpha value is -2.18. The van der Waals surface area contributed by atoms with Gasteiger partial charge in [-0.2, -0.15) is 10.1 Å². The number of nitrogens with one attached hydrogen (secondary N) is 2. The Morgan fingerprint density at radius 3 is 2.90 bits per heavy atom. The Morgan fingerprint density at radius 1 is 1.30 bits per heavy atom. The maximum Gasteiger partial charge on any atom is 0.347 e. The number of benzene rings is 1. The number of thiophene rings is 1. The number of hydrazone groups is 1. The first kappa shape index (κ1) is 12.8. The van der Waals surface area contributed by atoms with Gasteiger partial charge in [0.05, 0.1) is 11.6 Å². The molecule has 0 unspecified atom stereocenters. The molecule has 0 aliphatic heterocycles. The molecule has 0 spiro atoms. The molecule has 3 aromatic rings. The van der Waals surface area contributed by atoms with Crippen LogP contribution in [0.3, 0.4) is 0 Å². The Morgan fingerprint density at radius 2 is 2.10 bits per heavy atom. The monoisotopic (exact) mass is 304 g/mol. The van der Waals surface area contributed by atoms with Gasteiger partial charge in [-0.1, -0.05) is 23.7 Å². The Balaban J connectivity index is 1.84. The number of rotatable bonds is 3. The lowest BCUT2D eigenvalue weighted by molar-refractivity contribution is 1.11. The van der Waals surface area contributed by atoms with Crippen molar-refractivity contribution < 1.29 is 0 Å². The summed E-state index contributed by atoms with van der Waals surface area (Å²) >= 11 is 7.22. The predicted octanol–water partition coefficient (Wildman–Crippen LogP) is 3.08. The van der Waals surface area contributed by atoms with Gasteiger partial charge in [0, 0.05) is 5.02 Å². The van der Waals surface area contributed by atoms with Gasteiger partial charge in [0.2, 0.25) is 0 Å². The molecule has 100 valence electrons. The number of fused-ring (bicyclic) bond motifs is 1. The minimum Gasteiger partial charge on any atom is -0.290 e. The molecule has 0 amide bonds. The zero-order chi connectivity index (χ0) is 13.9. The molecule has 0 aliphatic carbocycles. The number of nitrogens with zero attached hydrogens (tertiary/aromatic N) is 2. The molecule has 2 N–H and O–H groups in total. The van der Waals surface area contributed by atoms with Crippen LogP contribution in [0.5, 0.6) is 0 Å². The highest BCUT2D eigenvalue weighted by molar-refractivity contribution is 7.16. The third-order valence-corrected chi connectivity index (χ3v) is 3.67. The van der Waals surface area contributed by atoms with Crippen molar-refractivity contribution in [2.24, 2.45) is 5.10 Å². The summed E-state index contributed by atoms with van der Waals surface area (Å²) in [5, 5.41) is 7.49. The Labute approximate surface area is 122 Å². The lowest BCUT2D eigenvalue weighted by atomic mass is 10.2. The van der Waals surface area contributed by atoms with Gasteiger partial charge in [-0.15, -0.1) is 11.3 Å². The molecule has 3 rings (SSSR count). The van der Waals surface area contributed by atoms with Crippen molar-refractivity contribution in [1.29, 1.82) is 0 Å². The minimum absolute atomic E-state index is 0.399. The first-order valence-corrected chi connectivity index (χ1v) is 7.00. The summed E-state index contributed by atoms with van der Waals surface area (Å²) < 4.78 is 0. The molecule has 1 aromatic carbocycles. The lowest BCUT2D eigenvalue weighted by Gasteiger charge is -2.01. The Bertz CT molecular complexity index is 822. The molecule has 0 radical (unpaired) electrons. The second kappa shape index (κ2) is 5.44. The topological polar surface area (TPSA) is 70.1 Å². The molecule has 0 saturated carbocycles. The average Bonchev–Trinajstić information content (AvgIpc) is 2.89. The van der Waals surface area contributed by atoms with Gasteiger partial charge in [-0.25, -0.2) is 4.79 Å². The maximum atomic E-state index is 11.4. The molecule has 2 aromatic heterocycles. The van der Waals surface area contributed by atoms with E-state index in [0.717, 1.165) is 10.9 Å². The first-order valence-electron chi connectivity index (χ1n) is 5.74. The molecular formula is C13H9ClN4OS. The normalized spacial score (nSPS) is 11.2. The fourth-order valence-electron chi connectivity index (χ4n) is 1.68. The van der Waals surface area contributed by atoms with Crippen molar-refractivity contribution in [2.45, 2.75) is 0 Å². The summed E-state index contributed by atoms with van der Waals surface area (Å²) in [6.45, 7) is 0. The maximum absolute atomic E-state index is 11.4. The van der Waals surface area contributed by atoms with Crippen LogP contribution in [0.25, 0.3) is 10.2 Å². The first-order chi connectivity index (χ1) is 9.72. The van der Waals surface area contributed by atoms with Crippen molar-refractivity contribution in [3.8, 4) is 0 Å². The van der Waals surface area contributed by atoms with Gasteiger partial charge in [0.15, 0.2) is 0 Å². The van der Waals surface area contributed by atoms with E-state index in [9.17, 15) is 4.79 Å². The fraction of sp³-hybridized carbons (Fsp3) is 0. The summed E-state index contributed by atoms with van der Waals surface area (Å²) in [6.07, 6.45) is 1.65. The molecule has 0 saturated heterocycles. The van der Waals surface area contributed by atoms with Gasteiger partial charge >= 0.3 is 5.69 Å². The van der Waals surface area contributed by atoms with Crippen molar-refractivity contribution in [1.82, 2.24) is 9.97 Å². The summed E-state index contributed by atoms with van der Waals surface area (Å²) in [6, 6.07) is 9.15. The van der Waals surface area contributed by atoms with E-state index < -0.39 is 5.69 Å². The standard InChI is InChI=1S/C13H9ClN4OS/c14-9-3-1-8(2-4-9)7-15-18-11-10-5-6-20-12(10)17-13(19)16-11/h1-7H,(H2,16,17,18,19)/b15-7+. The smallest absolute Gasteiger partial charge is 0.290 e. The number of aromatic amines is 1. The van der Waals surface area contributed by atoms with E-state index in [1.54, 1.807) is 18.3 Å². The van der Waals surface area contributed by atoms with E-state index in [1.807, 2.05) is 23.6 Å². The van der Waals surface area contributed by atoms with Crippen LogP contribution in [-0.4, -0.2) is 16.2 Å². The van der Waals surface area contributed by atoms with Crippen molar-refractivity contribution in [2.75, 3.05) is 5.43 Å². The molecular weight excluding hydrogens is 296 g/mol. The molecule has 2 heterocycles. The zero-order valence-corrected chi connectivity index (χ0v) is 11.7. The Kier molecular flexibility index (Phi) is 3.49. The highest BCUT2D eigenvalue weighted by atomic mass is 35.5. The third kappa shape index (κ3) is 2.71. The number of halogens is 1. The van der Waals surface area contributed by atoms with Gasteiger partial charge < -0.3 is 0 Å². The van der Waals surface area contributed by atoms with Crippen LogP contribution in [0.15, 0.2) is 45.6 Å². The summed E-state index contributed by atoms with van der Waals surface area (Å²) in [5.74, 6) is 0.534. The van der Waals surface area contributed by atoms with Crippen LogP contribution in [0, 0.1) is 0 Å². The quantitative estimate of drug-likeness (QED) is 0.577. The van der Waals surface area contributed by atoms with Crippen molar-refractivity contribution in [3.63, 3.8) is 0 Å². The van der Waals surface area contributed by atoms with Gasteiger partial charge in [0.1, 0.15) is 10.6 Å². The SMILES string of the molecule is O=c1nc2sccc2c(N/N=C/c2ccc(Cl)cc2)[nH]1. The van der Waals surface area contributed by atoms with Gasteiger partial charge in [-0.3, -0.25) is 10.4 Å². The molecule has 5 nitrogen and oxygen atoms in total. The molecule has 20 heavy (non-hydrogen) atoms. The molecule has 0 fully saturated rings. The number of H-pyrrole nitrogens is 1. The summed E-state index contributed by atoms with van der Waals surface area (Å²) in [5.41, 5.74) is 3.33. The highest BCUT2D eigenvalue weighted by Crippen LogP contribution is 2.22. The van der Waals surface area contributed by atoms with Crippen molar-refractivity contribution in [3.05, 3.63) is 56.8 Å². The highest BCUT2D eigenvalue weighted by Gasteiger charge is 2.04. The van der Waals surface area contributed by atoms with E-state index in [-0.39, 0.29) is 0 Å². The van der Waals surface area contributed by atoms with Crippen LogP contribution < -0.4 is 11.1 Å². The van der Waals surface area contributed by atoms with E-state index in [1.165, 1.54) is 11.3 Å². The van der Waals surface area contributed by atoms with Gasteiger partial charge in [0.25, 0.3) is 0 Å². The largest absolute Gasteiger partial charge is 0.347 e. The number of aromatic nitrogens is 2. The number of anilines is 1. The van der Waals surface area contributed by atoms with Crippen LogP contribution >= 0.6 is 22.9 Å². The van der Waals surface area contributed by atoms with E-state index >= 15 is 0 Å². The molecule has 0 bridgehead atoms. The third-order valence-electron chi connectivity index (χ3n) is 2.61. The average molecular weight is 305 g/mol. The molecule has 0 atom stereocenters. The fourth-order valence-corrected chi connectivity index (χ4v) is 2.57. The van der Waals surface area contributed by atoms with Crippen LogP contribution in [0.4, 0.5) is 5.82 Å². The van der Waals surface area contributed by atoms with E-state index in [2.05, 4.69) is 20.5 Å². The number of hydrogen-bond acceptors (Lipinski definition) is 5. The predicted molar refractivity (Wildman–Crippen MR) is 82.9 cm³/mol. The minimum atomic E-state index is -0.399. The van der Waals surface area contributed by atoms with Crippen LogP contribution in [0.1, 0.15) is 5.56 Å². The van der Waals surface area contributed by atoms with Gasteiger partial charge in [-0.05, 0) is 29.1 Å². The summed E-state index contributed by atoms with van der Waals surface area (Å²) in [4.78, 5) is 18.6. The van der Waals surface area contributed by atoms with E-state index in [0.29, 0.717) is 15.7 Å². The second-order valence-corrected chi connectivity index (χ2v) is 5.31. The summed E-state index contributed by atoms with van der Waals surface area (Å²) in [7, 11) is 0. The van der Waals surface area contributed by atoms with E-state index in [4.69, 9.17) is 11.6 Å². The van der Waals surface area contributed by atoms with Crippen molar-refractivity contribution >= 4 is 45.2 Å². The van der Waals surface area contributed by atoms with Crippen LogP contribution in [0.2, 0.25) is 5.02 Å². The number of hydrogen-bond donors (Lipinski definition) is 2. The lowest BCUT2D eigenvalue weighted by Crippen LogP contribution is -2.11. The van der Waals surface area contributed by atoms with Crippen LogP contribution in [-0.2, 0) is 0 Å². The molecule has 0 aliphatic rings.